The van der Waals surface area contributed by atoms with Gasteiger partial charge in [0.2, 0.25) is 20.0 Å². The van der Waals surface area contributed by atoms with E-state index in [0.29, 0.717) is 15.7 Å². The highest BCUT2D eigenvalue weighted by Crippen LogP contribution is 2.35. The van der Waals surface area contributed by atoms with Crippen LogP contribution in [0.3, 0.4) is 0 Å². The average molecular weight is 557 g/mol. The number of nitrogens with zero attached hydrogens (tertiary/aromatic N) is 2. The van der Waals surface area contributed by atoms with E-state index in [0.717, 1.165) is 27.0 Å². The van der Waals surface area contributed by atoms with Gasteiger partial charge in [-0.05, 0) is 53.9 Å². The second kappa shape index (κ2) is 8.79. The molecular weight excluding hydrogens is 538 g/mol. The van der Waals surface area contributed by atoms with Crippen LogP contribution < -0.4 is 4.31 Å². The zero-order chi connectivity index (χ0) is 24.0. The van der Waals surface area contributed by atoms with Crippen LogP contribution in [-0.4, -0.2) is 33.9 Å². The van der Waals surface area contributed by atoms with E-state index in [1.54, 1.807) is 30.3 Å². The van der Waals surface area contributed by atoms with Gasteiger partial charge in [-0.3, -0.25) is 0 Å². The lowest BCUT2D eigenvalue weighted by Gasteiger charge is -2.29. The summed E-state index contributed by atoms with van der Waals surface area (Å²) in [4.78, 5) is -0.142. The lowest BCUT2D eigenvalue weighted by atomic mass is 10.0. The van der Waals surface area contributed by atoms with Gasteiger partial charge in [-0.25, -0.2) is 29.9 Å². The Balaban J connectivity index is 1.77. The van der Waals surface area contributed by atoms with Crippen molar-refractivity contribution >= 4 is 47.4 Å². The second-order valence-electron chi connectivity index (χ2n) is 7.62. The van der Waals surface area contributed by atoms with Gasteiger partial charge in [0.05, 0.1) is 22.5 Å². The van der Waals surface area contributed by atoms with Crippen molar-refractivity contribution in [2.24, 2.45) is 0 Å². The van der Waals surface area contributed by atoms with Crippen molar-refractivity contribution in [1.82, 2.24) is 4.31 Å². The monoisotopic (exact) mass is 556 g/mol. The van der Waals surface area contributed by atoms with Gasteiger partial charge in [0.25, 0.3) is 0 Å². The molecule has 0 aliphatic carbocycles. The summed E-state index contributed by atoms with van der Waals surface area (Å²) in [6, 6.07) is 14.3. The summed E-state index contributed by atoms with van der Waals surface area (Å²) in [5, 5.41) is 0. The molecule has 0 fully saturated rings. The molecule has 4 rings (SSSR count). The van der Waals surface area contributed by atoms with Gasteiger partial charge in [-0.15, -0.1) is 0 Å². The Morgan fingerprint density at radius 3 is 2.30 bits per heavy atom. The van der Waals surface area contributed by atoms with Crippen molar-refractivity contribution < 1.29 is 25.6 Å². The van der Waals surface area contributed by atoms with Crippen LogP contribution in [-0.2, 0) is 33.0 Å². The lowest BCUT2D eigenvalue weighted by molar-refractivity contribution is 0.383. The van der Waals surface area contributed by atoms with Crippen molar-refractivity contribution in [1.29, 1.82) is 0 Å². The fourth-order valence-electron chi connectivity index (χ4n) is 3.85. The lowest BCUT2D eigenvalue weighted by Crippen LogP contribution is -2.36. The normalized spacial score (nSPS) is 14.7. The van der Waals surface area contributed by atoms with Crippen LogP contribution >= 0.6 is 15.9 Å². The van der Waals surface area contributed by atoms with Crippen LogP contribution in [0.2, 0.25) is 0 Å². The maximum Gasteiger partial charge on any atom is 0.243 e. The number of hydrogen-bond donors (Lipinski definition) is 0. The number of rotatable bonds is 5. The molecule has 0 amide bonds. The largest absolute Gasteiger partial charge is 0.243 e. The number of halogens is 3. The summed E-state index contributed by atoms with van der Waals surface area (Å²) in [5.41, 5.74) is 1.04. The Labute approximate surface area is 199 Å². The van der Waals surface area contributed by atoms with E-state index in [1.165, 1.54) is 18.2 Å². The molecule has 0 bridgehead atoms. The third-order valence-corrected chi connectivity index (χ3v) is 8.63. The molecule has 0 atom stereocenters. The number of fused-ring (bicyclic) bond motifs is 1. The van der Waals surface area contributed by atoms with Crippen molar-refractivity contribution in [3.05, 3.63) is 87.9 Å². The Hall–Kier alpha value is -2.34. The van der Waals surface area contributed by atoms with Crippen LogP contribution in [0.25, 0.3) is 0 Å². The first-order valence-corrected chi connectivity index (χ1v) is 13.9. The number of anilines is 2. The van der Waals surface area contributed by atoms with Crippen molar-refractivity contribution in [2.75, 3.05) is 17.1 Å². The Bertz CT molecular complexity index is 1430. The molecule has 0 radical (unpaired) electrons. The van der Waals surface area contributed by atoms with Gasteiger partial charge in [0.1, 0.15) is 11.6 Å². The van der Waals surface area contributed by atoms with Crippen LogP contribution in [0.15, 0.2) is 70.0 Å². The number of benzene rings is 3. The van der Waals surface area contributed by atoms with Crippen molar-refractivity contribution in [3.63, 3.8) is 0 Å². The molecule has 0 spiro atoms. The molecule has 1 aliphatic heterocycles. The quantitative estimate of drug-likeness (QED) is 0.461. The van der Waals surface area contributed by atoms with Gasteiger partial charge in [-0.1, -0.05) is 34.1 Å². The highest BCUT2D eigenvalue weighted by molar-refractivity contribution is 9.10. The molecule has 33 heavy (non-hydrogen) atoms. The predicted molar refractivity (Wildman–Crippen MR) is 125 cm³/mol. The van der Waals surface area contributed by atoms with Gasteiger partial charge < -0.3 is 0 Å². The first-order chi connectivity index (χ1) is 15.5. The number of para-hydroxylation sites is 1. The van der Waals surface area contributed by atoms with Gasteiger partial charge in [0.15, 0.2) is 0 Å². The Morgan fingerprint density at radius 2 is 1.64 bits per heavy atom. The first kappa shape index (κ1) is 23.8. The van der Waals surface area contributed by atoms with E-state index in [1.807, 2.05) is 0 Å². The summed E-state index contributed by atoms with van der Waals surface area (Å²) in [6.07, 6.45) is 1.13. The maximum absolute atomic E-state index is 14.1. The SMILES string of the molecule is CS(=O)(=O)N(c1ccccc1)c1cc(Br)cc(S(=O)(=O)N2CCc3c(F)cc(F)cc3C2)c1. The van der Waals surface area contributed by atoms with Gasteiger partial charge in [0, 0.05) is 23.6 Å². The molecule has 0 saturated carbocycles. The summed E-state index contributed by atoms with van der Waals surface area (Å²) in [5.74, 6) is -1.47. The van der Waals surface area contributed by atoms with E-state index < -0.39 is 31.7 Å². The maximum atomic E-state index is 14.1. The van der Waals surface area contributed by atoms with E-state index in [9.17, 15) is 25.6 Å². The molecule has 6 nitrogen and oxygen atoms in total. The minimum Gasteiger partial charge on any atom is -0.239 e. The molecule has 1 aliphatic rings. The summed E-state index contributed by atoms with van der Waals surface area (Å²) in [6.45, 7) is -0.184. The topological polar surface area (TPSA) is 74.8 Å². The molecule has 3 aromatic rings. The third-order valence-electron chi connectivity index (χ3n) is 5.26. The molecule has 0 saturated heterocycles. The van der Waals surface area contributed by atoms with E-state index in [2.05, 4.69) is 15.9 Å². The fourth-order valence-corrected chi connectivity index (χ4v) is 6.96. The van der Waals surface area contributed by atoms with Gasteiger partial charge in [-0.2, -0.15) is 4.31 Å². The molecule has 0 aromatic heterocycles. The summed E-state index contributed by atoms with van der Waals surface area (Å²) < 4.78 is 82.3. The summed E-state index contributed by atoms with van der Waals surface area (Å²) >= 11 is 3.28. The Morgan fingerprint density at radius 1 is 0.939 bits per heavy atom. The van der Waals surface area contributed by atoms with Crippen LogP contribution in [0, 0.1) is 11.6 Å². The minimum atomic E-state index is -4.10. The highest BCUT2D eigenvalue weighted by Gasteiger charge is 2.31. The van der Waals surface area contributed by atoms with Gasteiger partial charge >= 0.3 is 0 Å². The summed E-state index contributed by atoms with van der Waals surface area (Å²) in [7, 11) is -7.90. The molecule has 0 N–H and O–H groups in total. The average Bonchev–Trinajstić information content (AvgIpc) is 2.72. The predicted octanol–water partition coefficient (Wildman–Crippen LogP) is 4.57. The minimum absolute atomic E-state index is 0.00814. The van der Waals surface area contributed by atoms with Crippen molar-refractivity contribution in [2.45, 2.75) is 17.9 Å². The smallest absolute Gasteiger partial charge is 0.239 e. The van der Waals surface area contributed by atoms with Crippen molar-refractivity contribution in [3.8, 4) is 0 Å². The number of hydrogen-bond acceptors (Lipinski definition) is 4. The molecular formula is C22H19BrF2N2O4S2. The fraction of sp³-hybridized carbons (Fsp3) is 0.182. The molecule has 174 valence electrons. The van der Waals surface area contributed by atoms with Crippen LogP contribution in [0.4, 0.5) is 20.2 Å². The molecule has 0 unspecified atom stereocenters. The van der Waals surface area contributed by atoms with E-state index in [4.69, 9.17) is 0 Å². The highest BCUT2D eigenvalue weighted by atomic mass is 79.9. The second-order valence-corrected chi connectivity index (χ2v) is 12.3. The van der Waals surface area contributed by atoms with E-state index in [-0.39, 0.29) is 35.7 Å². The number of sulfonamides is 2. The third kappa shape index (κ3) is 4.81. The standard InChI is InChI=1S/C22H19BrF2N2O4S2/c1-32(28,29)27(18-5-3-2-4-6-18)19-10-16(23)11-20(13-19)33(30,31)26-8-7-21-15(14-26)9-17(24)12-22(21)25/h2-6,9-13H,7-8,14H2,1H3. The zero-order valence-electron chi connectivity index (χ0n) is 17.4. The molecule has 3 aromatic carbocycles. The first-order valence-electron chi connectivity index (χ1n) is 9.80. The van der Waals surface area contributed by atoms with Crippen LogP contribution in [0.1, 0.15) is 11.1 Å². The molecule has 11 heteroatoms. The van der Waals surface area contributed by atoms with E-state index >= 15 is 0 Å². The Kier molecular flexibility index (Phi) is 6.34. The van der Waals surface area contributed by atoms with Crippen LogP contribution in [0.5, 0.6) is 0 Å². The molecule has 1 heterocycles. The zero-order valence-corrected chi connectivity index (χ0v) is 20.6.